The van der Waals surface area contributed by atoms with Crippen LogP contribution in [0, 0.1) is 0 Å². The molecule has 0 aromatic rings. The van der Waals surface area contributed by atoms with Crippen LogP contribution in [0.15, 0.2) is 0 Å². The van der Waals surface area contributed by atoms with E-state index >= 15 is 0 Å². The van der Waals surface area contributed by atoms with Crippen molar-refractivity contribution in [2.45, 2.75) is 38.4 Å². The third-order valence-corrected chi connectivity index (χ3v) is 2.92. The number of halogens is 3. The fraction of sp³-hybridized carbons (Fsp3) is 1.00. The fourth-order valence-corrected chi connectivity index (χ4v) is 1.67. The van der Waals surface area contributed by atoms with Crippen LogP contribution in [-0.2, 0) is 0 Å². The Balaban J connectivity index is 4.52. The van der Waals surface area contributed by atoms with E-state index in [9.17, 15) is 13.2 Å². The second-order valence-electron chi connectivity index (χ2n) is 3.61. The molecule has 0 saturated heterocycles. The molecular formula is C9H19F3N2. The molecule has 0 fully saturated rings. The zero-order valence-electron chi connectivity index (χ0n) is 8.99. The van der Waals surface area contributed by atoms with Gasteiger partial charge in [-0.15, -0.1) is 0 Å². The van der Waals surface area contributed by atoms with Gasteiger partial charge in [0.25, 0.3) is 0 Å². The molecule has 0 rings (SSSR count). The Bertz CT molecular complexity index is 156. The summed E-state index contributed by atoms with van der Waals surface area (Å²) in [7, 11) is 1.48. The maximum absolute atomic E-state index is 12.2. The summed E-state index contributed by atoms with van der Waals surface area (Å²) in [6.45, 7) is 3.09. The maximum Gasteiger partial charge on any atom is 0.401 e. The Kier molecular flexibility index (Phi) is 4.88. The van der Waals surface area contributed by atoms with Crippen molar-refractivity contribution < 1.29 is 13.2 Å². The van der Waals surface area contributed by atoms with Gasteiger partial charge < -0.3 is 5.73 Å². The van der Waals surface area contributed by atoms with Gasteiger partial charge in [-0.1, -0.05) is 13.8 Å². The van der Waals surface area contributed by atoms with E-state index in [2.05, 4.69) is 0 Å². The first-order chi connectivity index (χ1) is 6.31. The van der Waals surface area contributed by atoms with Gasteiger partial charge >= 0.3 is 6.18 Å². The normalized spacial score (nSPS) is 13.7. The minimum atomic E-state index is -4.15. The molecule has 0 atom stereocenters. The number of nitrogens with zero attached hydrogens (tertiary/aromatic N) is 1. The number of nitrogens with two attached hydrogens (primary N) is 1. The summed E-state index contributed by atoms with van der Waals surface area (Å²) in [5.74, 6) is 0. The SMILES string of the molecule is CCC(CC)(CN)N(C)CC(F)(F)F. The average Bonchev–Trinajstić information content (AvgIpc) is 2.05. The zero-order chi connectivity index (χ0) is 11.4. The van der Waals surface area contributed by atoms with Crippen LogP contribution in [-0.4, -0.2) is 36.8 Å². The highest BCUT2D eigenvalue weighted by Crippen LogP contribution is 2.25. The van der Waals surface area contributed by atoms with Crippen LogP contribution in [0.5, 0.6) is 0 Å². The maximum atomic E-state index is 12.2. The minimum Gasteiger partial charge on any atom is -0.329 e. The van der Waals surface area contributed by atoms with E-state index in [1.165, 1.54) is 11.9 Å². The summed E-state index contributed by atoms with van der Waals surface area (Å²) in [5, 5.41) is 0. The third kappa shape index (κ3) is 3.46. The van der Waals surface area contributed by atoms with E-state index < -0.39 is 18.3 Å². The Morgan fingerprint density at radius 2 is 1.57 bits per heavy atom. The molecule has 0 unspecified atom stereocenters. The van der Waals surface area contributed by atoms with Crippen LogP contribution in [0.4, 0.5) is 13.2 Å². The van der Waals surface area contributed by atoms with Gasteiger partial charge in [0.05, 0.1) is 6.54 Å². The van der Waals surface area contributed by atoms with Gasteiger partial charge in [-0.05, 0) is 19.9 Å². The lowest BCUT2D eigenvalue weighted by atomic mass is 9.91. The number of likely N-dealkylation sites (N-methyl/N-ethyl adjacent to an activating group) is 1. The monoisotopic (exact) mass is 212 g/mol. The number of hydrogen-bond acceptors (Lipinski definition) is 2. The molecule has 0 radical (unpaired) electrons. The van der Waals surface area contributed by atoms with E-state index in [4.69, 9.17) is 5.73 Å². The summed E-state index contributed by atoms with van der Waals surface area (Å²) < 4.78 is 36.5. The van der Waals surface area contributed by atoms with Gasteiger partial charge in [0.1, 0.15) is 0 Å². The molecule has 0 aromatic carbocycles. The van der Waals surface area contributed by atoms with Crippen molar-refractivity contribution in [2.24, 2.45) is 5.73 Å². The first-order valence-electron chi connectivity index (χ1n) is 4.79. The van der Waals surface area contributed by atoms with Crippen molar-refractivity contribution in [1.82, 2.24) is 4.90 Å². The topological polar surface area (TPSA) is 29.3 Å². The molecule has 86 valence electrons. The molecule has 0 aliphatic rings. The Morgan fingerprint density at radius 3 is 1.79 bits per heavy atom. The minimum absolute atomic E-state index is 0.257. The van der Waals surface area contributed by atoms with Crippen LogP contribution in [0.2, 0.25) is 0 Å². The summed E-state index contributed by atoms with van der Waals surface area (Å²) in [5.41, 5.74) is 5.02. The van der Waals surface area contributed by atoms with E-state index in [1.807, 2.05) is 13.8 Å². The van der Waals surface area contributed by atoms with Crippen LogP contribution in [0.25, 0.3) is 0 Å². The molecule has 0 aliphatic carbocycles. The Labute approximate surface area is 83.3 Å². The number of hydrogen-bond donors (Lipinski definition) is 1. The molecule has 14 heavy (non-hydrogen) atoms. The van der Waals surface area contributed by atoms with Crippen molar-refractivity contribution in [3.05, 3.63) is 0 Å². The second kappa shape index (κ2) is 4.98. The molecule has 2 nitrogen and oxygen atoms in total. The van der Waals surface area contributed by atoms with Gasteiger partial charge in [-0.3, -0.25) is 4.90 Å². The summed E-state index contributed by atoms with van der Waals surface area (Å²) >= 11 is 0. The Morgan fingerprint density at radius 1 is 1.14 bits per heavy atom. The summed E-state index contributed by atoms with van der Waals surface area (Å²) in [6, 6.07) is 0. The predicted molar refractivity (Wildman–Crippen MR) is 51.1 cm³/mol. The van der Waals surface area contributed by atoms with E-state index in [1.54, 1.807) is 0 Å². The van der Waals surface area contributed by atoms with E-state index in [-0.39, 0.29) is 6.54 Å². The lowest BCUT2D eigenvalue weighted by Gasteiger charge is -2.40. The first kappa shape index (κ1) is 13.7. The quantitative estimate of drug-likeness (QED) is 0.755. The summed E-state index contributed by atoms with van der Waals surface area (Å²) in [6.07, 6.45) is -2.89. The van der Waals surface area contributed by atoms with Crippen molar-refractivity contribution in [2.75, 3.05) is 20.1 Å². The van der Waals surface area contributed by atoms with Crippen molar-refractivity contribution in [3.8, 4) is 0 Å². The number of alkyl halides is 3. The molecule has 0 heterocycles. The van der Waals surface area contributed by atoms with Crippen molar-refractivity contribution >= 4 is 0 Å². The van der Waals surface area contributed by atoms with Gasteiger partial charge in [0.2, 0.25) is 0 Å². The molecule has 0 amide bonds. The number of rotatable bonds is 5. The molecule has 2 N–H and O–H groups in total. The van der Waals surface area contributed by atoms with Gasteiger partial charge in [0.15, 0.2) is 0 Å². The van der Waals surface area contributed by atoms with Crippen LogP contribution >= 0.6 is 0 Å². The third-order valence-electron chi connectivity index (χ3n) is 2.92. The molecule has 0 spiro atoms. The first-order valence-corrected chi connectivity index (χ1v) is 4.79. The zero-order valence-corrected chi connectivity index (χ0v) is 8.99. The standard InChI is InChI=1S/C9H19F3N2/c1-4-8(5-2,6-13)14(3)7-9(10,11)12/h4-7,13H2,1-3H3. The highest BCUT2D eigenvalue weighted by Gasteiger charge is 2.37. The smallest absolute Gasteiger partial charge is 0.329 e. The molecule has 0 bridgehead atoms. The molecule has 0 aromatic heterocycles. The van der Waals surface area contributed by atoms with E-state index in [0.29, 0.717) is 12.8 Å². The predicted octanol–water partition coefficient (Wildman–Crippen LogP) is 2.00. The molecule has 0 aliphatic heterocycles. The van der Waals surface area contributed by atoms with Gasteiger partial charge in [-0.2, -0.15) is 13.2 Å². The van der Waals surface area contributed by atoms with Crippen LogP contribution in [0.3, 0.4) is 0 Å². The lowest BCUT2D eigenvalue weighted by molar-refractivity contribution is -0.155. The molecule has 0 saturated carbocycles. The average molecular weight is 212 g/mol. The fourth-order valence-electron chi connectivity index (χ4n) is 1.67. The highest BCUT2D eigenvalue weighted by atomic mass is 19.4. The van der Waals surface area contributed by atoms with Crippen LogP contribution in [0.1, 0.15) is 26.7 Å². The van der Waals surface area contributed by atoms with Crippen molar-refractivity contribution in [1.29, 1.82) is 0 Å². The second-order valence-corrected chi connectivity index (χ2v) is 3.61. The van der Waals surface area contributed by atoms with Gasteiger partial charge in [0, 0.05) is 12.1 Å². The Hall–Kier alpha value is -0.290. The molecular weight excluding hydrogens is 193 g/mol. The van der Waals surface area contributed by atoms with Gasteiger partial charge in [-0.25, -0.2) is 0 Å². The molecule has 5 heteroatoms. The summed E-state index contributed by atoms with van der Waals surface area (Å²) in [4.78, 5) is 1.31. The van der Waals surface area contributed by atoms with Crippen molar-refractivity contribution in [3.63, 3.8) is 0 Å². The van der Waals surface area contributed by atoms with E-state index in [0.717, 1.165) is 0 Å². The lowest BCUT2D eigenvalue weighted by Crippen LogP contribution is -2.53. The van der Waals surface area contributed by atoms with Crippen LogP contribution < -0.4 is 5.73 Å². The largest absolute Gasteiger partial charge is 0.401 e. The highest BCUT2D eigenvalue weighted by molar-refractivity contribution is 4.88.